The van der Waals surface area contributed by atoms with Crippen LogP contribution in [0.2, 0.25) is 0 Å². The summed E-state index contributed by atoms with van der Waals surface area (Å²) in [6.45, 7) is 6.50. The fourth-order valence-electron chi connectivity index (χ4n) is 2.77. The molecular formula is C19H22N4O. The first-order valence-electron chi connectivity index (χ1n) is 8.06. The molecule has 124 valence electrons. The lowest BCUT2D eigenvalue weighted by Crippen LogP contribution is -2.31. The van der Waals surface area contributed by atoms with Gasteiger partial charge < -0.3 is 10.3 Å². The van der Waals surface area contributed by atoms with Crippen molar-refractivity contribution in [2.24, 2.45) is 5.41 Å². The van der Waals surface area contributed by atoms with Crippen molar-refractivity contribution < 1.29 is 4.79 Å². The maximum atomic E-state index is 12.7. The molecule has 0 radical (unpaired) electrons. The van der Waals surface area contributed by atoms with Gasteiger partial charge in [0.1, 0.15) is 0 Å². The number of rotatable bonds is 4. The number of fused-ring (bicyclic) bond motifs is 1. The van der Waals surface area contributed by atoms with E-state index in [1.165, 1.54) is 0 Å². The Hall–Kier alpha value is -2.69. The van der Waals surface area contributed by atoms with Crippen molar-refractivity contribution in [2.75, 3.05) is 0 Å². The van der Waals surface area contributed by atoms with E-state index in [-0.39, 0.29) is 17.4 Å². The van der Waals surface area contributed by atoms with Crippen molar-refractivity contribution in [3.05, 3.63) is 60.2 Å². The van der Waals surface area contributed by atoms with Gasteiger partial charge in [-0.1, -0.05) is 26.8 Å². The molecule has 5 heteroatoms. The molecule has 2 N–H and O–H groups in total. The Morgan fingerprint density at radius 2 is 2.12 bits per heavy atom. The number of imidazole rings is 1. The summed E-state index contributed by atoms with van der Waals surface area (Å²) in [5, 5.41) is 3.15. The van der Waals surface area contributed by atoms with Crippen LogP contribution in [0.3, 0.4) is 0 Å². The Morgan fingerprint density at radius 3 is 2.83 bits per heavy atom. The van der Waals surface area contributed by atoms with Crippen LogP contribution in [-0.4, -0.2) is 20.9 Å². The molecule has 0 saturated carbocycles. The lowest BCUT2D eigenvalue weighted by Gasteiger charge is -2.27. The van der Waals surface area contributed by atoms with Crippen LogP contribution in [0.15, 0.2) is 49.1 Å². The number of carbonyl (C=O) groups is 1. The molecule has 5 nitrogen and oxygen atoms in total. The Kier molecular flexibility index (Phi) is 4.34. The van der Waals surface area contributed by atoms with E-state index >= 15 is 0 Å². The minimum atomic E-state index is -0.0930. The molecule has 0 aliphatic heterocycles. The number of pyridine rings is 1. The highest BCUT2D eigenvalue weighted by Crippen LogP contribution is 2.29. The summed E-state index contributed by atoms with van der Waals surface area (Å²) < 4.78 is 0. The number of aromatic amines is 1. The Bertz CT molecular complexity index is 833. The summed E-state index contributed by atoms with van der Waals surface area (Å²) in [7, 11) is 0. The number of nitrogens with one attached hydrogen (secondary N) is 2. The SMILES string of the molecule is CC(C)(C)C[C@H](NC(=O)c1ccc2nc[nH]c2c1)c1cccnc1. The largest absolute Gasteiger partial charge is 0.345 e. The molecule has 24 heavy (non-hydrogen) atoms. The summed E-state index contributed by atoms with van der Waals surface area (Å²) in [5.74, 6) is -0.0930. The minimum absolute atomic E-state index is 0.0799. The summed E-state index contributed by atoms with van der Waals surface area (Å²) in [6.07, 6.45) is 6.02. The third kappa shape index (κ3) is 3.79. The molecule has 0 aliphatic rings. The van der Waals surface area contributed by atoms with Crippen molar-refractivity contribution in [1.29, 1.82) is 0 Å². The summed E-state index contributed by atoms with van der Waals surface area (Å²) in [5.41, 5.74) is 3.43. The quantitative estimate of drug-likeness (QED) is 0.766. The molecule has 1 aromatic carbocycles. The normalized spacial score (nSPS) is 13.0. The topological polar surface area (TPSA) is 70.7 Å². The highest BCUT2D eigenvalue weighted by Gasteiger charge is 2.22. The zero-order chi connectivity index (χ0) is 17.2. The van der Waals surface area contributed by atoms with Crippen LogP contribution in [0, 0.1) is 5.41 Å². The predicted octanol–water partition coefficient (Wildman–Crippen LogP) is 3.87. The lowest BCUT2D eigenvalue weighted by molar-refractivity contribution is 0.0926. The molecule has 0 saturated heterocycles. The summed E-state index contributed by atoms with van der Waals surface area (Å²) in [4.78, 5) is 24.1. The highest BCUT2D eigenvalue weighted by atomic mass is 16.1. The van der Waals surface area contributed by atoms with E-state index in [2.05, 4.69) is 41.0 Å². The van der Waals surface area contributed by atoms with Gasteiger partial charge in [-0.25, -0.2) is 4.98 Å². The first-order chi connectivity index (χ1) is 11.4. The van der Waals surface area contributed by atoms with Crippen LogP contribution in [0.5, 0.6) is 0 Å². The third-order valence-electron chi connectivity index (χ3n) is 3.89. The molecule has 2 heterocycles. The van der Waals surface area contributed by atoms with E-state index in [1.54, 1.807) is 18.6 Å². The van der Waals surface area contributed by atoms with Gasteiger partial charge in [0, 0.05) is 18.0 Å². The van der Waals surface area contributed by atoms with Gasteiger partial charge in [-0.05, 0) is 41.7 Å². The van der Waals surface area contributed by atoms with Crippen molar-refractivity contribution in [3.63, 3.8) is 0 Å². The van der Waals surface area contributed by atoms with Crippen LogP contribution >= 0.6 is 0 Å². The van der Waals surface area contributed by atoms with Gasteiger partial charge in [-0.15, -0.1) is 0 Å². The number of nitrogens with zero attached hydrogens (tertiary/aromatic N) is 2. The molecule has 2 aromatic heterocycles. The highest BCUT2D eigenvalue weighted by molar-refractivity contribution is 5.97. The summed E-state index contributed by atoms with van der Waals surface area (Å²) in [6, 6.07) is 9.30. The van der Waals surface area contributed by atoms with Crippen LogP contribution in [0.25, 0.3) is 11.0 Å². The van der Waals surface area contributed by atoms with Gasteiger partial charge in [-0.3, -0.25) is 9.78 Å². The van der Waals surface area contributed by atoms with Crippen molar-refractivity contribution in [3.8, 4) is 0 Å². The molecule has 1 atom stereocenters. The number of hydrogen-bond acceptors (Lipinski definition) is 3. The second-order valence-electron chi connectivity index (χ2n) is 7.21. The minimum Gasteiger partial charge on any atom is -0.345 e. The Balaban J connectivity index is 1.84. The third-order valence-corrected chi connectivity index (χ3v) is 3.89. The first kappa shape index (κ1) is 16.2. The zero-order valence-electron chi connectivity index (χ0n) is 14.2. The molecule has 0 unspecified atom stereocenters. The number of H-pyrrole nitrogens is 1. The molecule has 0 bridgehead atoms. The Labute approximate surface area is 141 Å². The standard InChI is InChI=1S/C19H22N4O/c1-19(2,3)10-17(14-5-4-8-20-11-14)23-18(24)13-6-7-15-16(9-13)22-12-21-15/h4-9,11-12,17H,10H2,1-3H3,(H,21,22)(H,23,24)/t17-/m0/s1. The van der Waals surface area contributed by atoms with Crippen LogP contribution in [0.4, 0.5) is 0 Å². The van der Waals surface area contributed by atoms with Crippen molar-refractivity contribution >= 4 is 16.9 Å². The maximum absolute atomic E-state index is 12.7. The molecule has 3 aromatic rings. The van der Waals surface area contributed by atoms with E-state index in [4.69, 9.17) is 0 Å². The predicted molar refractivity (Wildman–Crippen MR) is 94.6 cm³/mol. The van der Waals surface area contributed by atoms with E-state index in [0.29, 0.717) is 5.56 Å². The Morgan fingerprint density at radius 1 is 1.29 bits per heavy atom. The molecule has 0 spiro atoms. The van der Waals surface area contributed by atoms with Gasteiger partial charge >= 0.3 is 0 Å². The smallest absolute Gasteiger partial charge is 0.251 e. The molecular weight excluding hydrogens is 300 g/mol. The van der Waals surface area contributed by atoms with Crippen LogP contribution < -0.4 is 5.32 Å². The average molecular weight is 322 g/mol. The number of aromatic nitrogens is 3. The van der Waals surface area contributed by atoms with Gasteiger partial charge in [0.05, 0.1) is 23.4 Å². The van der Waals surface area contributed by atoms with E-state index in [9.17, 15) is 4.79 Å². The molecule has 1 amide bonds. The van der Waals surface area contributed by atoms with Gasteiger partial charge in [0.25, 0.3) is 5.91 Å². The van der Waals surface area contributed by atoms with E-state index in [1.807, 2.05) is 30.5 Å². The number of hydrogen-bond donors (Lipinski definition) is 2. The van der Waals surface area contributed by atoms with Crippen molar-refractivity contribution in [1.82, 2.24) is 20.3 Å². The van der Waals surface area contributed by atoms with Crippen LogP contribution in [0.1, 0.15) is 49.2 Å². The lowest BCUT2D eigenvalue weighted by atomic mass is 9.85. The van der Waals surface area contributed by atoms with E-state index < -0.39 is 0 Å². The number of carbonyl (C=O) groups excluding carboxylic acids is 1. The monoisotopic (exact) mass is 322 g/mol. The van der Waals surface area contributed by atoms with Gasteiger partial charge in [0.15, 0.2) is 0 Å². The molecule has 3 rings (SSSR count). The molecule has 0 fully saturated rings. The average Bonchev–Trinajstić information content (AvgIpc) is 3.01. The second-order valence-corrected chi connectivity index (χ2v) is 7.21. The zero-order valence-corrected chi connectivity index (χ0v) is 14.2. The maximum Gasteiger partial charge on any atom is 0.251 e. The number of amides is 1. The second kappa shape index (κ2) is 6.43. The van der Waals surface area contributed by atoms with Gasteiger partial charge in [-0.2, -0.15) is 0 Å². The van der Waals surface area contributed by atoms with Crippen LogP contribution in [-0.2, 0) is 0 Å². The van der Waals surface area contributed by atoms with Gasteiger partial charge in [0.2, 0.25) is 0 Å². The first-order valence-corrected chi connectivity index (χ1v) is 8.06. The van der Waals surface area contributed by atoms with E-state index in [0.717, 1.165) is 23.0 Å². The number of benzene rings is 1. The summed E-state index contributed by atoms with van der Waals surface area (Å²) >= 11 is 0. The fourth-order valence-corrected chi connectivity index (χ4v) is 2.77. The van der Waals surface area contributed by atoms with Crippen molar-refractivity contribution in [2.45, 2.75) is 33.2 Å². The molecule has 0 aliphatic carbocycles. The fraction of sp³-hybridized carbons (Fsp3) is 0.316.